The highest BCUT2D eigenvalue weighted by Gasteiger charge is 2.31. The molecule has 0 aromatic heterocycles. The molecule has 1 N–H and O–H groups in total. The summed E-state index contributed by atoms with van der Waals surface area (Å²) >= 11 is 6.08. The molecule has 0 atom stereocenters. The number of hydrogen-bond acceptors (Lipinski definition) is 4. The largest absolute Gasteiger partial charge is 0.506 e. The van der Waals surface area contributed by atoms with Crippen LogP contribution in [0.15, 0.2) is 42.0 Å². The number of ether oxygens (including phenoxy) is 2. The van der Waals surface area contributed by atoms with E-state index in [1.54, 1.807) is 6.07 Å². The third kappa shape index (κ3) is 5.43. The van der Waals surface area contributed by atoms with E-state index in [0.717, 1.165) is 43.5 Å². The lowest BCUT2D eigenvalue weighted by atomic mass is 9.85. The summed E-state index contributed by atoms with van der Waals surface area (Å²) < 4.78 is 23.9. The number of likely N-dealkylation sites (tertiary alicyclic amines) is 1. The van der Waals surface area contributed by atoms with Gasteiger partial charge in [0, 0.05) is 24.7 Å². The summed E-state index contributed by atoms with van der Waals surface area (Å²) in [5, 5.41) is 9.15. The molecule has 0 unspecified atom stereocenters. The third-order valence-electron chi connectivity index (χ3n) is 6.19. The number of fused-ring (bicyclic) bond motifs is 1. The van der Waals surface area contributed by atoms with E-state index < -0.39 is 6.16 Å². The molecule has 0 amide bonds. The highest BCUT2D eigenvalue weighted by molar-refractivity contribution is 6.31. The van der Waals surface area contributed by atoms with Crippen molar-refractivity contribution in [1.29, 1.82) is 0 Å². The van der Waals surface area contributed by atoms with E-state index in [0.29, 0.717) is 24.7 Å². The first-order valence-corrected chi connectivity index (χ1v) is 11.3. The Morgan fingerprint density at radius 3 is 2.78 bits per heavy atom. The molecule has 1 aliphatic carbocycles. The average molecular weight is 460 g/mol. The van der Waals surface area contributed by atoms with Gasteiger partial charge in [-0.1, -0.05) is 29.3 Å². The Morgan fingerprint density at radius 1 is 1.22 bits per heavy atom. The monoisotopic (exact) mass is 459 g/mol. The fraction of sp³-hybridized carbons (Fsp3) is 0.400. The van der Waals surface area contributed by atoms with Gasteiger partial charge in [0.05, 0.1) is 6.61 Å². The van der Waals surface area contributed by atoms with Crippen LogP contribution in [0.3, 0.4) is 0 Å². The summed E-state index contributed by atoms with van der Waals surface area (Å²) in [7, 11) is 0. The number of carbonyl (C=O) groups is 1. The number of aryl methyl sites for hydroxylation is 2. The summed E-state index contributed by atoms with van der Waals surface area (Å²) in [6, 6.07) is 10.8. The lowest BCUT2D eigenvalue weighted by Gasteiger charge is -2.39. The second-order valence-corrected chi connectivity index (χ2v) is 8.84. The van der Waals surface area contributed by atoms with E-state index in [1.807, 2.05) is 6.07 Å². The van der Waals surface area contributed by atoms with Crippen LogP contribution in [0, 0.1) is 5.82 Å². The fourth-order valence-electron chi connectivity index (χ4n) is 4.41. The minimum atomic E-state index is -1.20. The molecule has 4 rings (SSSR count). The second kappa shape index (κ2) is 9.92. The summed E-state index contributed by atoms with van der Waals surface area (Å²) in [5.41, 5.74) is 6.18. The van der Waals surface area contributed by atoms with Crippen molar-refractivity contribution in [2.75, 3.05) is 26.2 Å². The van der Waals surface area contributed by atoms with Crippen LogP contribution in [-0.2, 0) is 17.6 Å². The molecule has 1 fully saturated rings. The first-order valence-electron chi connectivity index (χ1n) is 10.9. The van der Waals surface area contributed by atoms with E-state index in [2.05, 4.69) is 24.0 Å². The number of benzene rings is 2. The minimum absolute atomic E-state index is 0.205. The quantitative estimate of drug-likeness (QED) is 0.412. The molecule has 2 aromatic rings. The van der Waals surface area contributed by atoms with Gasteiger partial charge in [-0.2, -0.15) is 0 Å². The smallest absolute Gasteiger partial charge is 0.494 e. The van der Waals surface area contributed by atoms with Crippen molar-refractivity contribution < 1.29 is 23.8 Å². The minimum Gasteiger partial charge on any atom is -0.494 e. The van der Waals surface area contributed by atoms with Crippen molar-refractivity contribution in [3.8, 4) is 5.75 Å². The van der Waals surface area contributed by atoms with E-state index in [-0.39, 0.29) is 11.9 Å². The molecule has 1 aliphatic heterocycles. The molecular formula is C25H27ClFNO4. The zero-order valence-electron chi connectivity index (χ0n) is 18.1. The molecule has 1 heterocycles. The number of carboxylic acid groups (broad SMARTS) is 1. The fourth-order valence-corrected chi connectivity index (χ4v) is 4.67. The van der Waals surface area contributed by atoms with Gasteiger partial charge in [-0.15, -0.1) is 0 Å². The van der Waals surface area contributed by atoms with E-state index in [1.165, 1.54) is 34.4 Å². The molecule has 2 aliphatic rings. The predicted molar refractivity (Wildman–Crippen MR) is 122 cm³/mol. The van der Waals surface area contributed by atoms with Gasteiger partial charge in [-0.05, 0) is 79.1 Å². The molecule has 7 heteroatoms. The Kier molecular flexibility index (Phi) is 7.01. The lowest BCUT2D eigenvalue weighted by Crippen LogP contribution is -2.53. The Bertz CT molecular complexity index is 1030. The Hall–Kier alpha value is -2.57. The zero-order chi connectivity index (χ0) is 22.7. The highest BCUT2D eigenvalue weighted by atomic mass is 35.5. The van der Waals surface area contributed by atoms with Crippen LogP contribution in [0.25, 0.3) is 5.57 Å². The summed E-state index contributed by atoms with van der Waals surface area (Å²) in [4.78, 5) is 12.8. The molecular weight excluding hydrogens is 433 g/mol. The second-order valence-electron chi connectivity index (χ2n) is 8.44. The van der Waals surface area contributed by atoms with Crippen molar-refractivity contribution in [2.45, 2.75) is 38.7 Å². The molecule has 0 bridgehead atoms. The maximum atomic E-state index is 13.1. The number of rotatable bonds is 8. The zero-order valence-corrected chi connectivity index (χ0v) is 18.8. The van der Waals surface area contributed by atoms with Crippen LogP contribution in [-0.4, -0.2) is 48.5 Å². The van der Waals surface area contributed by atoms with Gasteiger partial charge < -0.3 is 14.6 Å². The molecule has 0 saturated carbocycles. The van der Waals surface area contributed by atoms with E-state index >= 15 is 0 Å². The topological polar surface area (TPSA) is 59.0 Å². The van der Waals surface area contributed by atoms with Crippen LogP contribution in [0.1, 0.15) is 36.5 Å². The molecule has 1 saturated heterocycles. The van der Waals surface area contributed by atoms with Gasteiger partial charge in [0.15, 0.2) is 0 Å². The Labute approximate surface area is 192 Å². The van der Waals surface area contributed by atoms with Crippen LogP contribution in [0.4, 0.5) is 9.18 Å². The average Bonchev–Trinajstić information content (AvgIpc) is 2.72. The van der Waals surface area contributed by atoms with Crippen molar-refractivity contribution in [3.05, 3.63) is 69.5 Å². The molecule has 0 spiro atoms. The number of allylic oxidation sites excluding steroid dienone is 1. The van der Waals surface area contributed by atoms with Gasteiger partial charge >= 0.3 is 6.16 Å². The molecule has 32 heavy (non-hydrogen) atoms. The van der Waals surface area contributed by atoms with Gasteiger partial charge in [0.1, 0.15) is 17.7 Å². The van der Waals surface area contributed by atoms with Gasteiger partial charge in [-0.3, -0.25) is 4.90 Å². The predicted octanol–water partition coefficient (Wildman–Crippen LogP) is 5.59. The summed E-state index contributed by atoms with van der Waals surface area (Å²) in [6.07, 6.45) is 2.09. The van der Waals surface area contributed by atoms with Gasteiger partial charge in [0.25, 0.3) is 0 Å². The standard InChI is InChI=1S/C25H27ClFNO4/c1-16-19(13-28-14-22(15-28)32-25(29)30)5-4-18-11-21(8-9-23(16)18)31-10-2-3-17-6-7-20(27)12-24(17)26/h6-9,11-12,22H,2-5,10,13-15H2,1H3,(H,29,30). The summed E-state index contributed by atoms with van der Waals surface area (Å²) in [5.74, 6) is 0.541. The Morgan fingerprint density at radius 2 is 2.03 bits per heavy atom. The molecule has 170 valence electrons. The van der Waals surface area contributed by atoms with Crippen molar-refractivity contribution in [1.82, 2.24) is 4.90 Å². The van der Waals surface area contributed by atoms with Crippen LogP contribution >= 0.6 is 11.6 Å². The first kappa shape index (κ1) is 22.6. The van der Waals surface area contributed by atoms with Gasteiger partial charge in [-0.25, -0.2) is 9.18 Å². The van der Waals surface area contributed by atoms with E-state index in [4.69, 9.17) is 26.2 Å². The number of hydrogen-bond donors (Lipinski definition) is 1. The van der Waals surface area contributed by atoms with Crippen LogP contribution in [0.2, 0.25) is 5.02 Å². The van der Waals surface area contributed by atoms with Crippen molar-refractivity contribution in [2.24, 2.45) is 0 Å². The lowest BCUT2D eigenvalue weighted by molar-refractivity contribution is -0.0292. The molecule has 5 nitrogen and oxygen atoms in total. The number of halogens is 2. The summed E-state index contributed by atoms with van der Waals surface area (Å²) in [6.45, 7) is 4.90. The Balaban J connectivity index is 1.29. The van der Waals surface area contributed by atoms with Gasteiger partial charge in [0.2, 0.25) is 0 Å². The van der Waals surface area contributed by atoms with Crippen LogP contribution in [0.5, 0.6) is 5.75 Å². The normalized spacial score (nSPS) is 16.5. The SMILES string of the molecule is CC1=C(CN2CC(OC(=O)O)C2)CCc2cc(OCCCc3ccc(F)cc3Cl)ccc21. The first-order chi connectivity index (χ1) is 15.4. The molecule has 0 radical (unpaired) electrons. The maximum absolute atomic E-state index is 13.1. The number of nitrogens with zero attached hydrogens (tertiary/aromatic N) is 1. The highest BCUT2D eigenvalue weighted by Crippen LogP contribution is 2.34. The third-order valence-corrected chi connectivity index (χ3v) is 6.54. The van der Waals surface area contributed by atoms with Crippen LogP contribution < -0.4 is 4.74 Å². The van der Waals surface area contributed by atoms with Crippen molar-refractivity contribution in [3.63, 3.8) is 0 Å². The molecule has 2 aromatic carbocycles. The van der Waals surface area contributed by atoms with E-state index in [9.17, 15) is 9.18 Å². The maximum Gasteiger partial charge on any atom is 0.506 e. The van der Waals surface area contributed by atoms with Crippen molar-refractivity contribution >= 4 is 23.3 Å².